The van der Waals surface area contributed by atoms with Crippen molar-refractivity contribution in [2.24, 2.45) is 5.92 Å². The molecule has 3 aliphatic rings. The van der Waals surface area contributed by atoms with Gasteiger partial charge < -0.3 is 24.8 Å². The van der Waals surface area contributed by atoms with Gasteiger partial charge in [0.1, 0.15) is 18.3 Å². The Balaban J connectivity index is 1.27. The summed E-state index contributed by atoms with van der Waals surface area (Å²) in [5.41, 5.74) is 4.45. The van der Waals surface area contributed by atoms with Gasteiger partial charge in [-0.25, -0.2) is 0 Å². The van der Waals surface area contributed by atoms with Gasteiger partial charge in [0, 0.05) is 12.2 Å². The van der Waals surface area contributed by atoms with Gasteiger partial charge in [0.2, 0.25) is 0 Å². The van der Waals surface area contributed by atoms with Crippen LogP contribution in [0.2, 0.25) is 0 Å². The van der Waals surface area contributed by atoms with Gasteiger partial charge in [-0.05, 0) is 93.8 Å². The van der Waals surface area contributed by atoms with Gasteiger partial charge in [-0.3, -0.25) is 0 Å². The minimum atomic E-state index is -0.665. The van der Waals surface area contributed by atoms with Gasteiger partial charge in [-0.2, -0.15) is 0 Å². The van der Waals surface area contributed by atoms with E-state index < -0.39 is 6.10 Å². The predicted molar refractivity (Wildman–Crippen MR) is 135 cm³/mol. The van der Waals surface area contributed by atoms with Gasteiger partial charge in [0.25, 0.3) is 0 Å². The number of hydrogen-bond acceptors (Lipinski definition) is 5. The largest absolute Gasteiger partial charge is 0.486 e. The van der Waals surface area contributed by atoms with Crippen molar-refractivity contribution in [3.8, 4) is 11.5 Å². The topological polar surface area (TPSA) is 54.0 Å². The zero-order valence-electron chi connectivity index (χ0n) is 20.6. The Morgan fingerprint density at radius 2 is 1.82 bits per heavy atom. The molecule has 1 saturated heterocycles. The lowest BCUT2D eigenvalue weighted by molar-refractivity contribution is 0.0208. The molecule has 34 heavy (non-hydrogen) atoms. The van der Waals surface area contributed by atoms with Gasteiger partial charge in [-0.1, -0.05) is 36.9 Å². The predicted octanol–water partition coefficient (Wildman–Crippen LogP) is 4.64. The summed E-state index contributed by atoms with van der Waals surface area (Å²) in [5, 5.41) is 15.1. The summed E-state index contributed by atoms with van der Waals surface area (Å²) >= 11 is 0. The van der Waals surface area contributed by atoms with Crippen LogP contribution in [0.5, 0.6) is 11.5 Å². The van der Waals surface area contributed by atoms with Gasteiger partial charge in [-0.15, -0.1) is 0 Å². The Kier molecular flexibility index (Phi) is 6.59. The summed E-state index contributed by atoms with van der Waals surface area (Å²) in [5.74, 6) is 2.01. The van der Waals surface area contributed by atoms with E-state index in [2.05, 4.69) is 41.1 Å². The minimum absolute atomic E-state index is 0.131. The van der Waals surface area contributed by atoms with Crippen molar-refractivity contribution < 1.29 is 14.6 Å². The average Bonchev–Trinajstić information content (AvgIpc) is 3.46. The van der Waals surface area contributed by atoms with E-state index in [1.807, 2.05) is 32.0 Å². The molecule has 5 rings (SSSR count). The number of aliphatic hydroxyl groups is 1. The molecule has 1 aliphatic carbocycles. The molecule has 2 aromatic carbocycles. The Bertz CT molecular complexity index is 1000. The molecule has 2 N–H and O–H groups in total. The first kappa shape index (κ1) is 23.3. The number of nitrogens with one attached hydrogen (secondary N) is 1. The summed E-state index contributed by atoms with van der Waals surface area (Å²) in [4.78, 5) is 2.44. The van der Waals surface area contributed by atoms with Crippen molar-refractivity contribution in [3.05, 3.63) is 71.4 Å². The number of ether oxygens (including phenoxy) is 2. The highest BCUT2D eigenvalue weighted by molar-refractivity contribution is 5.45. The molecule has 2 unspecified atom stereocenters. The second-order valence-corrected chi connectivity index (χ2v) is 10.9. The molecule has 5 heteroatoms. The minimum Gasteiger partial charge on any atom is -0.486 e. The Morgan fingerprint density at radius 3 is 2.53 bits per heavy atom. The van der Waals surface area contributed by atoms with Crippen molar-refractivity contribution in [1.82, 2.24) is 10.2 Å². The normalized spacial score (nSPS) is 21.1. The SMILES string of the molecule is C=C(CC1Cc2ccccc2C1)NC(CN1CCCC1)C(O)c1ccc2c(c1)OCC(C)(C)O2. The van der Waals surface area contributed by atoms with Crippen molar-refractivity contribution in [2.75, 3.05) is 26.2 Å². The third-order valence-electron chi connectivity index (χ3n) is 7.37. The van der Waals surface area contributed by atoms with E-state index in [1.54, 1.807) is 0 Å². The summed E-state index contributed by atoms with van der Waals surface area (Å²) in [6.07, 6.45) is 4.92. The number of hydrogen-bond donors (Lipinski definition) is 2. The van der Waals surface area contributed by atoms with Crippen molar-refractivity contribution in [1.29, 1.82) is 0 Å². The first-order chi connectivity index (χ1) is 16.4. The number of nitrogens with zero attached hydrogens (tertiary/aromatic N) is 1. The third kappa shape index (κ3) is 5.26. The molecule has 0 radical (unpaired) electrons. The molecule has 0 bridgehead atoms. The highest BCUT2D eigenvalue weighted by atomic mass is 16.6. The summed E-state index contributed by atoms with van der Waals surface area (Å²) in [6.45, 7) is 11.9. The fourth-order valence-corrected chi connectivity index (χ4v) is 5.65. The van der Waals surface area contributed by atoms with Crippen LogP contribution in [0.3, 0.4) is 0 Å². The van der Waals surface area contributed by atoms with Crippen LogP contribution in [-0.4, -0.2) is 47.9 Å². The third-order valence-corrected chi connectivity index (χ3v) is 7.37. The number of fused-ring (bicyclic) bond motifs is 2. The van der Waals surface area contributed by atoms with Gasteiger partial charge in [0.05, 0.1) is 6.04 Å². The van der Waals surface area contributed by atoms with E-state index in [9.17, 15) is 5.11 Å². The molecule has 5 nitrogen and oxygen atoms in total. The van der Waals surface area contributed by atoms with Crippen LogP contribution in [0.25, 0.3) is 0 Å². The number of rotatable bonds is 8. The maximum Gasteiger partial charge on any atom is 0.162 e. The molecule has 2 aliphatic heterocycles. The van der Waals surface area contributed by atoms with E-state index in [4.69, 9.17) is 9.47 Å². The molecular weight excluding hydrogens is 424 g/mol. The Hall–Kier alpha value is -2.50. The molecule has 0 saturated carbocycles. The standard InChI is InChI=1S/C29H38N2O3/c1-20(14-21-15-22-8-4-5-9-23(22)16-21)30-25(18-31-12-6-7-13-31)28(32)24-10-11-26-27(17-24)33-19-29(2,3)34-26/h4-5,8-11,17,21,25,28,30,32H,1,6-7,12-16,18-19H2,2-3H3. The number of likely N-dealkylation sites (tertiary alicyclic amines) is 1. The van der Waals surface area contributed by atoms with Crippen LogP contribution in [0, 0.1) is 5.92 Å². The summed E-state index contributed by atoms with van der Waals surface area (Å²) < 4.78 is 12.0. The van der Waals surface area contributed by atoms with Crippen LogP contribution < -0.4 is 14.8 Å². The zero-order chi connectivity index (χ0) is 23.7. The van der Waals surface area contributed by atoms with Crippen LogP contribution in [-0.2, 0) is 12.8 Å². The highest BCUT2D eigenvalue weighted by Crippen LogP contribution is 2.38. The molecule has 2 heterocycles. The van der Waals surface area contributed by atoms with Crippen molar-refractivity contribution >= 4 is 0 Å². The lowest BCUT2D eigenvalue weighted by atomic mass is 9.97. The lowest BCUT2D eigenvalue weighted by Crippen LogP contribution is -2.44. The van der Waals surface area contributed by atoms with Crippen LogP contribution >= 0.6 is 0 Å². The first-order valence-electron chi connectivity index (χ1n) is 12.7. The van der Waals surface area contributed by atoms with E-state index >= 15 is 0 Å². The van der Waals surface area contributed by atoms with Gasteiger partial charge >= 0.3 is 0 Å². The molecule has 182 valence electrons. The maximum atomic E-state index is 11.5. The highest BCUT2D eigenvalue weighted by Gasteiger charge is 2.31. The molecule has 0 aromatic heterocycles. The van der Waals surface area contributed by atoms with Gasteiger partial charge in [0.15, 0.2) is 11.5 Å². The second kappa shape index (κ2) is 9.63. The molecular formula is C29H38N2O3. The first-order valence-corrected chi connectivity index (χ1v) is 12.7. The van der Waals surface area contributed by atoms with Crippen molar-refractivity contribution in [3.63, 3.8) is 0 Å². The molecule has 0 amide bonds. The molecule has 0 spiro atoms. The van der Waals surface area contributed by atoms with Crippen LogP contribution in [0.15, 0.2) is 54.7 Å². The fourth-order valence-electron chi connectivity index (χ4n) is 5.65. The monoisotopic (exact) mass is 462 g/mol. The van der Waals surface area contributed by atoms with Crippen LogP contribution in [0.4, 0.5) is 0 Å². The van der Waals surface area contributed by atoms with E-state index in [0.29, 0.717) is 18.3 Å². The zero-order valence-corrected chi connectivity index (χ0v) is 20.6. The lowest BCUT2D eigenvalue weighted by Gasteiger charge is -2.34. The number of benzene rings is 2. The fraction of sp³-hybridized carbons (Fsp3) is 0.517. The smallest absolute Gasteiger partial charge is 0.162 e. The molecule has 2 aromatic rings. The van der Waals surface area contributed by atoms with Crippen LogP contribution in [0.1, 0.15) is 55.9 Å². The average molecular weight is 463 g/mol. The summed E-state index contributed by atoms with van der Waals surface area (Å²) in [6, 6.07) is 14.4. The Morgan fingerprint density at radius 1 is 1.12 bits per heavy atom. The number of aliphatic hydroxyl groups excluding tert-OH is 1. The van der Waals surface area contributed by atoms with E-state index in [-0.39, 0.29) is 11.6 Å². The molecule has 2 atom stereocenters. The number of allylic oxidation sites excluding steroid dienone is 1. The molecule has 1 fully saturated rings. The van der Waals surface area contributed by atoms with Crippen molar-refractivity contribution in [2.45, 2.75) is 63.7 Å². The quantitative estimate of drug-likeness (QED) is 0.599. The van der Waals surface area contributed by atoms with E-state index in [1.165, 1.54) is 24.0 Å². The maximum absolute atomic E-state index is 11.5. The second-order valence-electron chi connectivity index (χ2n) is 10.9. The Labute approximate surface area is 203 Å². The summed E-state index contributed by atoms with van der Waals surface area (Å²) in [7, 11) is 0. The van der Waals surface area contributed by atoms with E-state index in [0.717, 1.165) is 55.9 Å².